The highest BCUT2D eigenvalue weighted by molar-refractivity contribution is 7.91. The van der Waals surface area contributed by atoms with Crippen LogP contribution in [0.5, 0.6) is 5.75 Å². The Hall–Kier alpha value is -1.07. The van der Waals surface area contributed by atoms with E-state index in [1.165, 1.54) is 11.1 Å². The van der Waals surface area contributed by atoms with Gasteiger partial charge in [0.25, 0.3) is 0 Å². The van der Waals surface area contributed by atoms with Crippen molar-refractivity contribution in [1.29, 1.82) is 0 Å². The molecular weight excluding hydrogens is 286 g/mol. The van der Waals surface area contributed by atoms with Crippen molar-refractivity contribution in [3.05, 3.63) is 29.3 Å². The number of nitrogens with one attached hydrogen (secondary N) is 1. The van der Waals surface area contributed by atoms with E-state index in [-0.39, 0.29) is 11.5 Å². The second-order valence-electron chi connectivity index (χ2n) is 5.41. The first kappa shape index (κ1) is 16.3. The molecule has 0 radical (unpaired) electrons. The molecule has 0 saturated heterocycles. The third kappa shape index (κ3) is 4.20. The third-order valence-electron chi connectivity index (χ3n) is 3.98. The Labute approximate surface area is 127 Å². The van der Waals surface area contributed by atoms with Crippen molar-refractivity contribution in [1.82, 2.24) is 5.32 Å². The first-order valence-electron chi connectivity index (χ1n) is 7.75. The van der Waals surface area contributed by atoms with Crippen molar-refractivity contribution in [2.75, 3.05) is 24.7 Å². The van der Waals surface area contributed by atoms with Crippen LogP contribution < -0.4 is 10.1 Å². The van der Waals surface area contributed by atoms with Crippen molar-refractivity contribution < 1.29 is 13.2 Å². The lowest BCUT2D eigenvalue weighted by atomic mass is 10.1. The topological polar surface area (TPSA) is 55.4 Å². The lowest BCUT2D eigenvalue weighted by molar-refractivity contribution is 0.315. The first-order valence-corrected chi connectivity index (χ1v) is 9.58. The summed E-state index contributed by atoms with van der Waals surface area (Å²) >= 11 is 0. The highest BCUT2D eigenvalue weighted by atomic mass is 32.2. The summed E-state index contributed by atoms with van der Waals surface area (Å²) in [7, 11) is -2.89. The molecule has 21 heavy (non-hydrogen) atoms. The number of ether oxygens (including phenoxy) is 1. The molecule has 0 aromatic heterocycles. The Morgan fingerprint density at radius 3 is 2.86 bits per heavy atom. The van der Waals surface area contributed by atoms with Gasteiger partial charge in [-0.05, 0) is 43.0 Å². The molecule has 1 aromatic carbocycles. The van der Waals surface area contributed by atoms with Crippen LogP contribution in [0.15, 0.2) is 18.2 Å². The molecule has 1 aliphatic carbocycles. The summed E-state index contributed by atoms with van der Waals surface area (Å²) in [5.74, 6) is 1.33. The van der Waals surface area contributed by atoms with E-state index >= 15 is 0 Å². The zero-order chi connectivity index (χ0) is 15.3. The van der Waals surface area contributed by atoms with Crippen LogP contribution >= 0.6 is 0 Å². The summed E-state index contributed by atoms with van der Waals surface area (Å²) in [5.41, 5.74) is 2.61. The summed E-state index contributed by atoms with van der Waals surface area (Å²) in [4.78, 5) is 0. The van der Waals surface area contributed by atoms with Gasteiger partial charge >= 0.3 is 0 Å². The Bertz CT molecular complexity index is 569. The van der Waals surface area contributed by atoms with Crippen molar-refractivity contribution in [2.24, 2.45) is 0 Å². The highest BCUT2D eigenvalue weighted by Gasteiger charge is 2.24. The van der Waals surface area contributed by atoms with Crippen LogP contribution in [0.2, 0.25) is 0 Å². The summed E-state index contributed by atoms with van der Waals surface area (Å²) < 4.78 is 28.7. The van der Waals surface area contributed by atoms with E-state index in [9.17, 15) is 8.42 Å². The Morgan fingerprint density at radius 1 is 1.33 bits per heavy atom. The summed E-state index contributed by atoms with van der Waals surface area (Å²) in [5, 5.41) is 3.49. The van der Waals surface area contributed by atoms with Gasteiger partial charge in [0.1, 0.15) is 15.6 Å². The molecule has 0 fully saturated rings. The fourth-order valence-corrected chi connectivity index (χ4v) is 3.67. The van der Waals surface area contributed by atoms with E-state index in [0.717, 1.165) is 25.1 Å². The SMILES string of the molecule is CCNC1CCc2c(OCCCS(=O)(=O)CC)cccc21. The second-order valence-corrected chi connectivity index (χ2v) is 7.88. The molecular formula is C16H25NO3S. The smallest absolute Gasteiger partial charge is 0.150 e. The predicted molar refractivity (Wildman–Crippen MR) is 85.6 cm³/mol. The lowest BCUT2D eigenvalue weighted by Crippen LogP contribution is -2.18. The fraction of sp³-hybridized carbons (Fsp3) is 0.625. The van der Waals surface area contributed by atoms with Crippen LogP contribution in [0.1, 0.15) is 43.9 Å². The molecule has 1 atom stereocenters. The molecule has 0 amide bonds. The highest BCUT2D eigenvalue weighted by Crippen LogP contribution is 2.36. The van der Waals surface area contributed by atoms with Crippen molar-refractivity contribution in [3.8, 4) is 5.75 Å². The number of hydrogen-bond donors (Lipinski definition) is 1. The van der Waals surface area contributed by atoms with Crippen LogP contribution in [0, 0.1) is 0 Å². The molecule has 4 nitrogen and oxygen atoms in total. The van der Waals surface area contributed by atoms with Gasteiger partial charge in [0.15, 0.2) is 0 Å². The van der Waals surface area contributed by atoms with E-state index < -0.39 is 9.84 Å². The summed E-state index contributed by atoms with van der Waals surface area (Å²) in [6, 6.07) is 6.59. The molecule has 0 heterocycles. The lowest BCUT2D eigenvalue weighted by Gasteiger charge is -2.14. The first-order chi connectivity index (χ1) is 10.1. The molecule has 0 bridgehead atoms. The van der Waals surface area contributed by atoms with Gasteiger partial charge in [-0.15, -0.1) is 0 Å². The minimum atomic E-state index is -2.89. The molecule has 5 heteroatoms. The number of sulfone groups is 1. The van der Waals surface area contributed by atoms with Gasteiger partial charge < -0.3 is 10.1 Å². The number of rotatable bonds is 8. The quantitative estimate of drug-likeness (QED) is 0.749. The molecule has 118 valence electrons. The van der Waals surface area contributed by atoms with Gasteiger partial charge in [-0.3, -0.25) is 0 Å². The normalized spacial score (nSPS) is 17.7. The maximum absolute atomic E-state index is 11.4. The molecule has 1 aromatic rings. The zero-order valence-corrected chi connectivity index (χ0v) is 13.7. The average molecular weight is 311 g/mol. The summed E-state index contributed by atoms with van der Waals surface area (Å²) in [6.45, 7) is 5.22. The van der Waals surface area contributed by atoms with Crippen molar-refractivity contribution in [2.45, 2.75) is 39.2 Å². The molecule has 0 spiro atoms. The molecule has 1 aliphatic rings. The molecule has 1 unspecified atom stereocenters. The Kier molecular flexibility index (Phi) is 5.65. The van der Waals surface area contributed by atoms with Crippen LogP contribution in [-0.4, -0.2) is 33.1 Å². The van der Waals surface area contributed by atoms with Gasteiger partial charge in [0.2, 0.25) is 0 Å². The maximum atomic E-state index is 11.4. The molecule has 1 N–H and O–H groups in total. The third-order valence-corrected chi connectivity index (χ3v) is 5.77. The van der Waals surface area contributed by atoms with Gasteiger partial charge in [0.05, 0.1) is 12.4 Å². The maximum Gasteiger partial charge on any atom is 0.150 e. The van der Waals surface area contributed by atoms with Gasteiger partial charge in [-0.2, -0.15) is 0 Å². The van der Waals surface area contributed by atoms with Crippen molar-refractivity contribution >= 4 is 9.84 Å². The van der Waals surface area contributed by atoms with Gasteiger partial charge in [-0.1, -0.05) is 26.0 Å². The van der Waals surface area contributed by atoms with Crippen LogP contribution in [0.4, 0.5) is 0 Å². The van der Waals surface area contributed by atoms with E-state index in [0.29, 0.717) is 19.1 Å². The molecule has 0 aliphatic heterocycles. The zero-order valence-electron chi connectivity index (χ0n) is 12.9. The summed E-state index contributed by atoms with van der Waals surface area (Å²) in [6.07, 6.45) is 2.68. The monoisotopic (exact) mass is 311 g/mol. The largest absolute Gasteiger partial charge is 0.493 e. The van der Waals surface area contributed by atoms with Crippen LogP contribution in [-0.2, 0) is 16.3 Å². The van der Waals surface area contributed by atoms with E-state index in [4.69, 9.17) is 4.74 Å². The molecule has 0 saturated carbocycles. The number of fused-ring (bicyclic) bond motifs is 1. The standard InChI is InChI=1S/C16H25NO3S/c1-3-17-15-10-9-14-13(15)7-5-8-16(14)20-11-6-12-21(18,19)4-2/h5,7-8,15,17H,3-4,6,9-12H2,1-2H3. The number of benzene rings is 1. The second kappa shape index (κ2) is 7.27. The Balaban J connectivity index is 1.94. The van der Waals surface area contributed by atoms with E-state index in [1.54, 1.807) is 6.92 Å². The van der Waals surface area contributed by atoms with Crippen LogP contribution in [0.25, 0.3) is 0 Å². The minimum absolute atomic E-state index is 0.206. The van der Waals surface area contributed by atoms with E-state index in [1.807, 2.05) is 12.1 Å². The minimum Gasteiger partial charge on any atom is -0.493 e. The van der Waals surface area contributed by atoms with Crippen molar-refractivity contribution in [3.63, 3.8) is 0 Å². The van der Waals surface area contributed by atoms with Crippen LogP contribution in [0.3, 0.4) is 0 Å². The Morgan fingerprint density at radius 2 is 2.14 bits per heavy atom. The van der Waals surface area contributed by atoms with Gasteiger partial charge in [-0.25, -0.2) is 8.42 Å². The molecule has 2 rings (SSSR count). The fourth-order valence-electron chi connectivity index (χ4n) is 2.82. The van der Waals surface area contributed by atoms with Gasteiger partial charge in [0, 0.05) is 11.8 Å². The predicted octanol–water partition coefficient (Wildman–Crippen LogP) is 2.49. The average Bonchev–Trinajstić information content (AvgIpc) is 2.88. The number of hydrogen-bond acceptors (Lipinski definition) is 4. The van der Waals surface area contributed by atoms with E-state index in [2.05, 4.69) is 18.3 Å².